The Morgan fingerprint density at radius 2 is 2.40 bits per heavy atom. The predicted molar refractivity (Wildman–Crippen MR) is 53.9 cm³/mol. The molecule has 1 aliphatic rings. The fourth-order valence-electron chi connectivity index (χ4n) is 1.57. The summed E-state index contributed by atoms with van der Waals surface area (Å²) in [6.45, 7) is 2.10. The monoisotopic (exact) mass is 207 g/mol. The van der Waals surface area contributed by atoms with Crippen molar-refractivity contribution in [3.63, 3.8) is 0 Å². The van der Waals surface area contributed by atoms with Gasteiger partial charge in [-0.05, 0) is 17.2 Å². The third-order valence-corrected chi connectivity index (χ3v) is 2.43. The SMILES string of the molecule is NCc1cnccc1CN1CCOC1=O. The number of hydrogen-bond acceptors (Lipinski definition) is 4. The number of carbonyl (C=O) groups excluding carboxylic acids is 1. The summed E-state index contributed by atoms with van der Waals surface area (Å²) in [4.78, 5) is 16.9. The lowest BCUT2D eigenvalue weighted by molar-refractivity contribution is 0.157. The summed E-state index contributed by atoms with van der Waals surface area (Å²) in [7, 11) is 0. The highest BCUT2D eigenvalue weighted by atomic mass is 16.6. The summed E-state index contributed by atoms with van der Waals surface area (Å²) in [6, 6.07) is 1.88. The van der Waals surface area contributed by atoms with E-state index in [2.05, 4.69) is 4.98 Å². The lowest BCUT2D eigenvalue weighted by atomic mass is 10.1. The molecular formula is C10H13N3O2. The number of aromatic nitrogens is 1. The molecule has 15 heavy (non-hydrogen) atoms. The maximum Gasteiger partial charge on any atom is 0.410 e. The van der Waals surface area contributed by atoms with E-state index in [4.69, 9.17) is 10.5 Å². The summed E-state index contributed by atoms with van der Waals surface area (Å²) >= 11 is 0. The third-order valence-electron chi connectivity index (χ3n) is 2.43. The van der Waals surface area contributed by atoms with Crippen molar-refractivity contribution < 1.29 is 9.53 Å². The standard InChI is InChI=1S/C10H13N3O2/c11-5-9-6-12-2-1-8(9)7-13-3-4-15-10(13)14/h1-2,6H,3-5,7,11H2. The molecule has 0 unspecified atom stereocenters. The first-order valence-electron chi connectivity index (χ1n) is 4.85. The molecule has 0 bridgehead atoms. The van der Waals surface area contributed by atoms with Crippen molar-refractivity contribution in [1.29, 1.82) is 0 Å². The van der Waals surface area contributed by atoms with Crippen molar-refractivity contribution in [2.75, 3.05) is 13.2 Å². The Labute approximate surface area is 87.8 Å². The quantitative estimate of drug-likeness (QED) is 0.783. The molecule has 1 fully saturated rings. The number of hydrogen-bond donors (Lipinski definition) is 1. The van der Waals surface area contributed by atoms with Gasteiger partial charge in [-0.3, -0.25) is 4.98 Å². The highest BCUT2D eigenvalue weighted by Crippen LogP contribution is 2.13. The van der Waals surface area contributed by atoms with Crippen LogP contribution in [0.4, 0.5) is 4.79 Å². The van der Waals surface area contributed by atoms with E-state index in [1.165, 1.54) is 0 Å². The molecule has 0 radical (unpaired) electrons. The summed E-state index contributed by atoms with van der Waals surface area (Å²) in [6.07, 6.45) is 3.18. The Kier molecular flexibility index (Phi) is 2.82. The maximum atomic E-state index is 11.2. The van der Waals surface area contributed by atoms with E-state index in [1.807, 2.05) is 6.07 Å². The Morgan fingerprint density at radius 3 is 3.07 bits per heavy atom. The van der Waals surface area contributed by atoms with Crippen molar-refractivity contribution in [1.82, 2.24) is 9.88 Å². The minimum atomic E-state index is -0.255. The van der Waals surface area contributed by atoms with Crippen molar-refractivity contribution in [3.05, 3.63) is 29.6 Å². The number of amides is 1. The molecule has 2 heterocycles. The van der Waals surface area contributed by atoms with Gasteiger partial charge in [0.1, 0.15) is 6.61 Å². The van der Waals surface area contributed by atoms with Crippen LogP contribution >= 0.6 is 0 Å². The van der Waals surface area contributed by atoms with Crippen LogP contribution in [0.5, 0.6) is 0 Å². The average Bonchev–Trinajstić information content (AvgIpc) is 2.65. The fourth-order valence-corrected chi connectivity index (χ4v) is 1.57. The zero-order valence-corrected chi connectivity index (χ0v) is 8.35. The van der Waals surface area contributed by atoms with Crippen molar-refractivity contribution in [2.45, 2.75) is 13.1 Å². The van der Waals surface area contributed by atoms with Crippen LogP contribution in [0.25, 0.3) is 0 Å². The fraction of sp³-hybridized carbons (Fsp3) is 0.400. The first kappa shape index (κ1) is 9.92. The molecule has 0 spiro atoms. The van der Waals surface area contributed by atoms with Crippen LogP contribution in [0.3, 0.4) is 0 Å². The first-order valence-corrected chi connectivity index (χ1v) is 4.85. The van der Waals surface area contributed by atoms with Crippen LogP contribution in [0.1, 0.15) is 11.1 Å². The van der Waals surface area contributed by atoms with E-state index in [-0.39, 0.29) is 6.09 Å². The lowest BCUT2D eigenvalue weighted by Crippen LogP contribution is -2.24. The molecule has 80 valence electrons. The Hall–Kier alpha value is -1.62. The zero-order valence-electron chi connectivity index (χ0n) is 8.35. The van der Waals surface area contributed by atoms with Gasteiger partial charge in [0.15, 0.2) is 0 Å². The van der Waals surface area contributed by atoms with Crippen molar-refractivity contribution in [2.24, 2.45) is 5.73 Å². The molecule has 1 amide bonds. The smallest absolute Gasteiger partial charge is 0.410 e. The number of nitrogens with zero attached hydrogens (tertiary/aromatic N) is 2. The van der Waals surface area contributed by atoms with Gasteiger partial charge in [0, 0.05) is 25.5 Å². The van der Waals surface area contributed by atoms with Gasteiger partial charge in [0.05, 0.1) is 6.54 Å². The molecule has 0 aliphatic carbocycles. The number of pyridine rings is 1. The largest absolute Gasteiger partial charge is 0.448 e. The van der Waals surface area contributed by atoms with Gasteiger partial charge >= 0.3 is 6.09 Å². The number of cyclic esters (lactones) is 1. The van der Waals surface area contributed by atoms with E-state index in [9.17, 15) is 4.79 Å². The van der Waals surface area contributed by atoms with Crippen LogP contribution in [0.15, 0.2) is 18.5 Å². The Morgan fingerprint density at radius 1 is 1.53 bits per heavy atom. The molecule has 0 aromatic carbocycles. The van der Waals surface area contributed by atoms with E-state index < -0.39 is 0 Å². The van der Waals surface area contributed by atoms with E-state index in [0.717, 1.165) is 11.1 Å². The van der Waals surface area contributed by atoms with Crippen molar-refractivity contribution in [3.8, 4) is 0 Å². The van der Waals surface area contributed by atoms with Crippen LogP contribution in [-0.2, 0) is 17.8 Å². The average molecular weight is 207 g/mol. The second-order valence-electron chi connectivity index (χ2n) is 3.38. The summed E-state index contributed by atoms with van der Waals surface area (Å²) < 4.78 is 4.85. The molecule has 0 saturated carbocycles. The molecule has 2 rings (SSSR count). The van der Waals surface area contributed by atoms with Gasteiger partial charge in [-0.15, -0.1) is 0 Å². The second-order valence-corrected chi connectivity index (χ2v) is 3.38. The van der Waals surface area contributed by atoms with Crippen LogP contribution in [0, 0.1) is 0 Å². The minimum Gasteiger partial charge on any atom is -0.448 e. The van der Waals surface area contributed by atoms with Crippen molar-refractivity contribution >= 4 is 6.09 Å². The summed E-state index contributed by atoms with van der Waals surface area (Å²) in [5.41, 5.74) is 7.59. The predicted octanol–water partition coefficient (Wildman–Crippen LogP) is 0.492. The van der Waals surface area contributed by atoms with E-state index in [1.54, 1.807) is 17.3 Å². The van der Waals surface area contributed by atoms with Gasteiger partial charge < -0.3 is 15.4 Å². The number of nitrogens with two attached hydrogens (primary N) is 1. The van der Waals surface area contributed by atoms with Gasteiger partial charge in [-0.25, -0.2) is 4.79 Å². The van der Waals surface area contributed by atoms with E-state index >= 15 is 0 Å². The van der Waals surface area contributed by atoms with E-state index in [0.29, 0.717) is 26.2 Å². The molecule has 5 nitrogen and oxygen atoms in total. The second kappa shape index (κ2) is 4.27. The number of rotatable bonds is 3. The molecule has 1 aliphatic heterocycles. The summed E-state index contributed by atoms with van der Waals surface area (Å²) in [5, 5.41) is 0. The first-order chi connectivity index (χ1) is 7.31. The lowest BCUT2D eigenvalue weighted by Gasteiger charge is -2.14. The molecule has 5 heteroatoms. The molecule has 1 aromatic heterocycles. The normalized spacial score (nSPS) is 15.5. The third kappa shape index (κ3) is 2.07. The zero-order chi connectivity index (χ0) is 10.7. The Balaban J connectivity index is 2.12. The van der Waals surface area contributed by atoms with Crippen LogP contribution < -0.4 is 5.73 Å². The van der Waals surface area contributed by atoms with Gasteiger partial charge in [0.25, 0.3) is 0 Å². The highest BCUT2D eigenvalue weighted by Gasteiger charge is 2.22. The van der Waals surface area contributed by atoms with Crippen LogP contribution in [0.2, 0.25) is 0 Å². The summed E-state index contributed by atoms with van der Waals surface area (Å²) in [5.74, 6) is 0. The van der Waals surface area contributed by atoms with Gasteiger partial charge in [-0.1, -0.05) is 0 Å². The molecule has 1 aromatic rings. The number of carbonyl (C=O) groups is 1. The van der Waals surface area contributed by atoms with Crippen LogP contribution in [-0.4, -0.2) is 29.1 Å². The minimum absolute atomic E-state index is 0.255. The highest BCUT2D eigenvalue weighted by molar-refractivity contribution is 5.69. The number of ether oxygens (including phenoxy) is 1. The maximum absolute atomic E-state index is 11.2. The topological polar surface area (TPSA) is 68.4 Å². The molecule has 0 atom stereocenters. The van der Waals surface area contributed by atoms with Gasteiger partial charge in [-0.2, -0.15) is 0 Å². The van der Waals surface area contributed by atoms with Gasteiger partial charge in [0.2, 0.25) is 0 Å². The Bertz CT molecular complexity index is 367. The molecule has 1 saturated heterocycles. The molecular weight excluding hydrogens is 194 g/mol. The molecule has 2 N–H and O–H groups in total.